The molecule has 1 aromatic carbocycles. The highest BCUT2D eigenvalue weighted by molar-refractivity contribution is 14.0. The van der Waals surface area contributed by atoms with Crippen LogP contribution in [0.3, 0.4) is 0 Å². The van der Waals surface area contributed by atoms with Crippen LogP contribution in [0.2, 0.25) is 0 Å². The zero-order chi connectivity index (χ0) is 22.3. The van der Waals surface area contributed by atoms with Crippen molar-refractivity contribution in [1.29, 1.82) is 0 Å². The summed E-state index contributed by atoms with van der Waals surface area (Å²) in [6.45, 7) is 11.5. The molecule has 180 valence electrons. The Morgan fingerprint density at radius 1 is 1.12 bits per heavy atom. The summed E-state index contributed by atoms with van der Waals surface area (Å²) < 4.78 is 5.62. The molecular formula is C24H35IN6O2. The summed E-state index contributed by atoms with van der Waals surface area (Å²) in [4.78, 5) is 16.3. The number of aromatic hydroxyl groups is 1. The SMILES string of the molecule is CCNC(=NCc1ccc(N2CCOC(C)C2)nc1)N1CCN(c2ccccc2O)CC1.I. The summed E-state index contributed by atoms with van der Waals surface area (Å²) in [7, 11) is 0. The zero-order valence-electron chi connectivity index (χ0n) is 19.5. The van der Waals surface area contributed by atoms with Gasteiger partial charge in [0.25, 0.3) is 0 Å². The normalized spacial score (nSPS) is 19.3. The lowest BCUT2D eigenvalue weighted by atomic mass is 10.2. The molecule has 0 radical (unpaired) electrons. The first-order valence-corrected chi connectivity index (χ1v) is 11.5. The Hall–Kier alpha value is -2.27. The van der Waals surface area contributed by atoms with Gasteiger partial charge in [0.05, 0.1) is 24.9 Å². The number of phenolic OH excluding ortho intramolecular Hbond substituents is 1. The summed E-state index contributed by atoms with van der Waals surface area (Å²) in [5.74, 6) is 2.26. The number of phenols is 1. The van der Waals surface area contributed by atoms with Gasteiger partial charge in [-0.15, -0.1) is 24.0 Å². The van der Waals surface area contributed by atoms with Gasteiger partial charge in [-0.25, -0.2) is 9.98 Å². The maximum atomic E-state index is 10.1. The molecule has 4 rings (SSSR count). The second-order valence-corrected chi connectivity index (χ2v) is 8.29. The van der Waals surface area contributed by atoms with Crippen LogP contribution in [0.1, 0.15) is 19.4 Å². The molecule has 0 amide bonds. The number of halogens is 1. The lowest BCUT2D eigenvalue weighted by Crippen LogP contribution is -2.52. The molecule has 2 fully saturated rings. The predicted molar refractivity (Wildman–Crippen MR) is 144 cm³/mol. The van der Waals surface area contributed by atoms with Gasteiger partial charge < -0.3 is 29.9 Å². The summed E-state index contributed by atoms with van der Waals surface area (Å²) in [6.07, 6.45) is 2.17. The number of ether oxygens (including phenoxy) is 1. The molecule has 0 spiro atoms. The summed E-state index contributed by atoms with van der Waals surface area (Å²) >= 11 is 0. The fourth-order valence-electron chi connectivity index (χ4n) is 4.21. The number of hydrogen-bond acceptors (Lipinski definition) is 6. The highest BCUT2D eigenvalue weighted by Crippen LogP contribution is 2.27. The molecule has 2 saturated heterocycles. The first kappa shape index (κ1) is 25.4. The molecule has 2 aliphatic heterocycles. The number of hydrogen-bond donors (Lipinski definition) is 2. The minimum Gasteiger partial charge on any atom is -0.506 e. The van der Waals surface area contributed by atoms with Crippen LogP contribution in [-0.2, 0) is 11.3 Å². The molecule has 8 nitrogen and oxygen atoms in total. The van der Waals surface area contributed by atoms with Crippen LogP contribution < -0.4 is 15.1 Å². The van der Waals surface area contributed by atoms with Crippen molar-refractivity contribution < 1.29 is 9.84 Å². The van der Waals surface area contributed by atoms with Crippen LogP contribution >= 0.6 is 24.0 Å². The van der Waals surface area contributed by atoms with E-state index in [4.69, 9.17) is 9.73 Å². The molecule has 2 N–H and O–H groups in total. The molecule has 1 atom stereocenters. The number of aliphatic imine (C=N–C) groups is 1. The number of morpholine rings is 1. The van der Waals surface area contributed by atoms with Gasteiger partial charge in [0, 0.05) is 52.0 Å². The highest BCUT2D eigenvalue weighted by Gasteiger charge is 2.21. The van der Waals surface area contributed by atoms with Crippen molar-refractivity contribution in [1.82, 2.24) is 15.2 Å². The third-order valence-electron chi connectivity index (χ3n) is 5.92. The summed E-state index contributed by atoms with van der Waals surface area (Å²) in [6, 6.07) is 11.7. The van der Waals surface area contributed by atoms with Gasteiger partial charge >= 0.3 is 0 Å². The molecule has 9 heteroatoms. The van der Waals surface area contributed by atoms with E-state index in [0.29, 0.717) is 12.3 Å². The van der Waals surface area contributed by atoms with Crippen molar-refractivity contribution >= 4 is 41.4 Å². The number of para-hydroxylation sites is 2. The molecule has 33 heavy (non-hydrogen) atoms. The number of rotatable bonds is 5. The van der Waals surface area contributed by atoms with E-state index in [1.54, 1.807) is 6.07 Å². The lowest BCUT2D eigenvalue weighted by Gasteiger charge is -2.37. The standard InChI is InChI=1S/C24H34N6O2.HI/c1-3-25-24(29-12-10-28(11-13-29)21-6-4-5-7-22(21)31)27-17-20-8-9-23(26-16-20)30-14-15-32-19(2)18-30;/h4-9,16,19,31H,3,10-15,17-18H2,1-2H3,(H,25,27);1H. The number of nitrogens with zero attached hydrogens (tertiary/aromatic N) is 5. The fraction of sp³-hybridized carbons (Fsp3) is 0.500. The van der Waals surface area contributed by atoms with Crippen molar-refractivity contribution in [3.8, 4) is 5.75 Å². The van der Waals surface area contributed by atoms with Gasteiger partial charge in [-0.3, -0.25) is 0 Å². The second kappa shape index (κ2) is 12.3. The minimum atomic E-state index is 0. The Balaban J connectivity index is 0.00000306. The highest BCUT2D eigenvalue weighted by atomic mass is 127. The van der Waals surface area contributed by atoms with E-state index < -0.39 is 0 Å². The van der Waals surface area contributed by atoms with E-state index in [9.17, 15) is 5.11 Å². The van der Waals surface area contributed by atoms with Gasteiger partial charge in [0.2, 0.25) is 0 Å². The van der Waals surface area contributed by atoms with Crippen molar-refractivity contribution in [2.45, 2.75) is 26.5 Å². The van der Waals surface area contributed by atoms with Gasteiger partial charge in [-0.2, -0.15) is 0 Å². The maximum Gasteiger partial charge on any atom is 0.194 e. The number of benzene rings is 1. The number of piperazine rings is 1. The molecule has 2 aromatic rings. The molecule has 0 saturated carbocycles. The van der Waals surface area contributed by atoms with Crippen LogP contribution in [0.15, 0.2) is 47.6 Å². The zero-order valence-corrected chi connectivity index (χ0v) is 21.8. The van der Waals surface area contributed by atoms with Crippen LogP contribution in [-0.4, -0.2) is 79.5 Å². The van der Waals surface area contributed by atoms with E-state index in [-0.39, 0.29) is 30.1 Å². The van der Waals surface area contributed by atoms with Gasteiger partial charge in [-0.05, 0) is 37.6 Å². The van der Waals surface area contributed by atoms with Crippen LogP contribution in [0.4, 0.5) is 11.5 Å². The van der Waals surface area contributed by atoms with Crippen LogP contribution in [0.5, 0.6) is 5.75 Å². The smallest absolute Gasteiger partial charge is 0.194 e. The predicted octanol–water partition coefficient (Wildman–Crippen LogP) is 2.92. The molecule has 0 bridgehead atoms. The average Bonchev–Trinajstić information content (AvgIpc) is 2.83. The van der Waals surface area contributed by atoms with E-state index >= 15 is 0 Å². The third-order valence-corrected chi connectivity index (χ3v) is 5.92. The molecular weight excluding hydrogens is 531 g/mol. The third kappa shape index (κ3) is 6.63. The topological polar surface area (TPSA) is 76.5 Å². The number of pyridine rings is 1. The maximum absolute atomic E-state index is 10.1. The van der Waals surface area contributed by atoms with Gasteiger partial charge in [0.15, 0.2) is 5.96 Å². The fourth-order valence-corrected chi connectivity index (χ4v) is 4.21. The van der Waals surface area contributed by atoms with Crippen molar-refractivity contribution in [2.75, 3.05) is 62.2 Å². The van der Waals surface area contributed by atoms with Crippen molar-refractivity contribution in [2.24, 2.45) is 4.99 Å². The van der Waals surface area contributed by atoms with E-state index in [2.05, 4.69) is 51.0 Å². The van der Waals surface area contributed by atoms with Crippen LogP contribution in [0, 0.1) is 0 Å². The Morgan fingerprint density at radius 2 is 1.91 bits per heavy atom. The first-order chi connectivity index (χ1) is 15.6. The number of nitrogens with one attached hydrogen (secondary N) is 1. The molecule has 1 unspecified atom stereocenters. The summed E-state index contributed by atoms with van der Waals surface area (Å²) in [5.41, 5.74) is 1.99. The van der Waals surface area contributed by atoms with E-state index in [1.807, 2.05) is 24.4 Å². The van der Waals surface area contributed by atoms with Gasteiger partial charge in [-0.1, -0.05) is 18.2 Å². The number of anilines is 2. The summed E-state index contributed by atoms with van der Waals surface area (Å²) in [5, 5.41) is 13.6. The second-order valence-electron chi connectivity index (χ2n) is 8.29. The Bertz CT molecular complexity index is 902. The largest absolute Gasteiger partial charge is 0.506 e. The Morgan fingerprint density at radius 3 is 2.58 bits per heavy atom. The van der Waals surface area contributed by atoms with E-state index in [1.165, 1.54) is 0 Å². The van der Waals surface area contributed by atoms with Gasteiger partial charge in [0.1, 0.15) is 11.6 Å². The molecule has 1 aromatic heterocycles. The number of guanidine groups is 1. The Labute approximate surface area is 213 Å². The first-order valence-electron chi connectivity index (χ1n) is 11.5. The lowest BCUT2D eigenvalue weighted by molar-refractivity contribution is 0.0529. The quantitative estimate of drug-likeness (QED) is 0.328. The molecule has 0 aliphatic carbocycles. The van der Waals surface area contributed by atoms with Crippen LogP contribution in [0.25, 0.3) is 0 Å². The minimum absolute atomic E-state index is 0. The van der Waals surface area contributed by atoms with E-state index in [0.717, 1.165) is 75.4 Å². The monoisotopic (exact) mass is 566 g/mol. The molecule has 2 aliphatic rings. The Kier molecular flexibility index (Phi) is 9.42. The van der Waals surface area contributed by atoms with Crippen molar-refractivity contribution in [3.05, 3.63) is 48.2 Å². The average molecular weight is 566 g/mol. The number of aromatic nitrogens is 1. The molecule has 3 heterocycles. The van der Waals surface area contributed by atoms with Crippen molar-refractivity contribution in [3.63, 3.8) is 0 Å².